The number of aromatic amines is 1. The van der Waals surface area contributed by atoms with Crippen molar-refractivity contribution in [2.75, 3.05) is 30.8 Å². The molecule has 1 saturated heterocycles. The van der Waals surface area contributed by atoms with Crippen molar-refractivity contribution in [3.8, 4) is 0 Å². The van der Waals surface area contributed by atoms with Crippen LogP contribution in [0.15, 0.2) is 41.2 Å². The van der Waals surface area contributed by atoms with Gasteiger partial charge in [0.2, 0.25) is 10.0 Å². The zero-order valence-electron chi connectivity index (χ0n) is 21.3. The van der Waals surface area contributed by atoms with E-state index in [1.54, 1.807) is 4.31 Å². The van der Waals surface area contributed by atoms with Crippen LogP contribution in [0.2, 0.25) is 0 Å². The van der Waals surface area contributed by atoms with E-state index in [1.165, 1.54) is 6.26 Å². The number of anilines is 1. The van der Waals surface area contributed by atoms with Crippen molar-refractivity contribution < 1.29 is 13.2 Å². The second kappa shape index (κ2) is 11.0. The molecule has 1 aromatic carbocycles. The maximum absolute atomic E-state index is 13.4. The second-order valence-electron chi connectivity index (χ2n) is 9.66. The molecule has 0 radical (unpaired) electrons. The van der Waals surface area contributed by atoms with Gasteiger partial charge < -0.3 is 15.2 Å². The smallest absolute Gasteiger partial charge is 0.253 e. The lowest BCUT2D eigenvalue weighted by atomic mass is 9.96. The first-order chi connectivity index (χ1) is 17.2. The fourth-order valence-corrected chi connectivity index (χ4v) is 6.28. The normalized spacial score (nSPS) is 18.8. The van der Waals surface area contributed by atoms with Gasteiger partial charge in [-0.05, 0) is 75.3 Å². The Kier molecular flexibility index (Phi) is 8.00. The molecule has 36 heavy (non-hydrogen) atoms. The van der Waals surface area contributed by atoms with Crippen molar-refractivity contribution in [3.05, 3.63) is 74.7 Å². The number of amides is 1. The summed E-state index contributed by atoms with van der Waals surface area (Å²) in [4.78, 5) is 31.2. The van der Waals surface area contributed by atoms with Gasteiger partial charge in [0, 0.05) is 54.7 Å². The molecule has 2 aromatic rings. The topological polar surface area (TPSA) is 103 Å². The van der Waals surface area contributed by atoms with Crippen molar-refractivity contribution >= 4 is 21.6 Å². The van der Waals surface area contributed by atoms with E-state index in [0.717, 1.165) is 54.7 Å². The van der Waals surface area contributed by atoms with E-state index in [4.69, 9.17) is 0 Å². The predicted molar refractivity (Wildman–Crippen MR) is 143 cm³/mol. The van der Waals surface area contributed by atoms with E-state index >= 15 is 0 Å². The first-order valence-electron chi connectivity index (χ1n) is 12.7. The quantitative estimate of drug-likeness (QED) is 0.614. The lowest BCUT2D eigenvalue weighted by Gasteiger charge is -2.39. The molecule has 0 unspecified atom stereocenters. The summed E-state index contributed by atoms with van der Waals surface area (Å²) in [7, 11) is -3.19. The number of carbonyl (C=O) groups is 1. The largest absolute Gasteiger partial charge is 0.368 e. The molecule has 8 nitrogen and oxygen atoms in total. The number of H-pyrrole nitrogens is 1. The minimum absolute atomic E-state index is 0.155. The monoisotopic (exact) mass is 512 g/mol. The van der Waals surface area contributed by atoms with E-state index in [1.807, 2.05) is 25.1 Å². The number of nitrogens with zero attached hydrogens (tertiary/aromatic N) is 2. The number of rotatable bonds is 4. The molecular weight excluding hydrogens is 476 g/mol. The molecule has 0 saturated carbocycles. The fraction of sp³-hybridized carbons (Fsp3) is 0.481. The van der Waals surface area contributed by atoms with Crippen LogP contribution >= 0.6 is 0 Å². The number of hydrogen-bond acceptors (Lipinski definition) is 5. The number of aromatic nitrogens is 1. The number of aryl methyl sites for hydroxylation is 2. The van der Waals surface area contributed by atoms with E-state index in [0.29, 0.717) is 30.6 Å². The Morgan fingerprint density at radius 2 is 1.86 bits per heavy atom. The molecule has 1 fully saturated rings. The molecule has 2 aliphatic heterocycles. The molecule has 1 aromatic heterocycles. The third kappa shape index (κ3) is 5.73. The molecule has 0 bridgehead atoms. The average Bonchev–Trinajstić information content (AvgIpc) is 2.83. The third-order valence-corrected chi connectivity index (χ3v) is 8.54. The Hall–Kier alpha value is -2.91. The standard InChI is InChI=1S/C27H36N4O4S/c1-4-31(21-13-15-30(16-14-21)36(3,34)35)25-12-8-11-23-22(25)10-7-5-6-9-20-17-19(2)29-27(33)24(20)18-28-26(23)32/h5,7-8,11-12,17,21H,4,6,9-10,13-16,18H2,1-3H3,(H,28,32)(H,29,33)/b7-5-. The zero-order chi connectivity index (χ0) is 25.9. The molecular formula is C27H36N4O4S. The predicted octanol–water partition coefficient (Wildman–Crippen LogP) is 2.91. The van der Waals surface area contributed by atoms with Gasteiger partial charge in [0.1, 0.15) is 0 Å². The average molecular weight is 513 g/mol. The Labute approximate surface area is 213 Å². The number of benzene rings is 1. The second-order valence-corrected chi connectivity index (χ2v) is 11.6. The summed E-state index contributed by atoms with van der Waals surface area (Å²) in [5.41, 5.74) is 4.81. The van der Waals surface area contributed by atoms with Crippen LogP contribution in [0.4, 0.5) is 5.69 Å². The summed E-state index contributed by atoms with van der Waals surface area (Å²) >= 11 is 0. The first-order valence-corrected chi connectivity index (χ1v) is 14.5. The molecule has 1 amide bonds. The van der Waals surface area contributed by atoms with Gasteiger partial charge in [-0.15, -0.1) is 0 Å². The Morgan fingerprint density at radius 3 is 2.56 bits per heavy atom. The van der Waals surface area contributed by atoms with Crippen molar-refractivity contribution in [1.29, 1.82) is 0 Å². The third-order valence-electron chi connectivity index (χ3n) is 7.24. The van der Waals surface area contributed by atoms with Crippen LogP contribution in [0.5, 0.6) is 0 Å². The van der Waals surface area contributed by atoms with Gasteiger partial charge in [-0.1, -0.05) is 18.2 Å². The SMILES string of the molecule is CCN(c1cccc2c1C/C=C\CCc1cc(C)[nH]c(=O)c1CNC2=O)C1CCN(S(C)(=O)=O)CC1. The van der Waals surface area contributed by atoms with Crippen LogP contribution in [0.25, 0.3) is 0 Å². The highest BCUT2D eigenvalue weighted by Crippen LogP contribution is 2.30. The number of hydrogen-bond donors (Lipinski definition) is 2. The van der Waals surface area contributed by atoms with E-state index in [2.05, 4.69) is 40.3 Å². The summed E-state index contributed by atoms with van der Waals surface area (Å²) < 4.78 is 25.5. The number of sulfonamides is 1. The number of carbonyl (C=O) groups excluding carboxylic acids is 1. The zero-order valence-corrected chi connectivity index (χ0v) is 22.2. The number of fused-ring (bicyclic) bond motifs is 2. The molecule has 9 heteroatoms. The van der Waals surface area contributed by atoms with Crippen LogP contribution in [0.1, 0.15) is 58.9 Å². The van der Waals surface area contributed by atoms with Crippen LogP contribution in [0.3, 0.4) is 0 Å². The van der Waals surface area contributed by atoms with Crippen LogP contribution in [0, 0.1) is 6.92 Å². The Balaban J connectivity index is 1.65. The van der Waals surface area contributed by atoms with Gasteiger partial charge >= 0.3 is 0 Å². The fourth-order valence-electron chi connectivity index (χ4n) is 5.41. The summed E-state index contributed by atoms with van der Waals surface area (Å²) in [6, 6.07) is 7.99. The molecule has 0 atom stereocenters. The lowest BCUT2D eigenvalue weighted by Crippen LogP contribution is -2.47. The van der Waals surface area contributed by atoms with Crippen molar-refractivity contribution in [3.63, 3.8) is 0 Å². The van der Waals surface area contributed by atoms with E-state index in [-0.39, 0.29) is 24.1 Å². The molecule has 194 valence electrons. The van der Waals surface area contributed by atoms with Gasteiger partial charge in [0.25, 0.3) is 11.5 Å². The van der Waals surface area contributed by atoms with E-state index < -0.39 is 10.0 Å². The highest BCUT2D eigenvalue weighted by molar-refractivity contribution is 7.88. The summed E-state index contributed by atoms with van der Waals surface area (Å²) in [6.45, 7) is 5.91. The summed E-state index contributed by atoms with van der Waals surface area (Å²) in [5.74, 6) is -0.199. The first kappa shape index (κ1) is 26.2. The van der Waals surface area contributed by atoms with Gasteiger partial charge in [0.15, 0.2) is 0 Å². The number of pyridine rings is 1. The lowest BCUT2D eigenvalue weighted by molar-refractivity contribution is 0.0950. The summed E-state index contributed by atoms with van der Waals surface area (Å²) in [5, 5.41) is 2.98. The molecule has 3 heterocycles. The maximum Gasteiger partial charge on any atom is 0.253 e. The Morgan fingerprint density at radius 1 is 1.11 bits per heavy atom. The minimum atomic E-state index is -3.19. The van der Waals surface area contributed by atoms with Crippen molar-refractivity contribution in [1.82, 2.24) is 14.6 Å². The van der Waals surface area contributed by atoms with Gasteiger partial charge in [-0.25, -0.2) is 12.7 Å². The van der Waals surface area contributed by atoms with Crippen LogP contribution < -0.4 is 15.8 Å². The summed E-state index contributed by atoms with van der Waals surface area (Å²) in [6.07, 6.45) is 9.15. The minimum Gasteiger partial charge on any atom is -0.368 e. The molecule has 0 spiro atoms. The number of nitrogens with one attached hydrogen (secondary N) is 2. The molecule has 4 rings (SSSR count). The van der Waals surface area contributed by atoms with Gasteiger partial charge in [0.05, 0.1) is 6.26 Å². The molecule has 2 aliphatic rings. The number of allylic oxidation sites excluding steroid dienone is 2. The highest BCUT2D eigenvalue weighted by Gasteiger charge is 2.29. The molecule has 0 aliphatic carbocycles. The molecule has 2 N–H and O–H groups in total. The van der Waals surface area contributed by atoms with Gasteiger partial charge in [-0.2, -0.15) is 0 Å². The van der Waals surface area contributed by atoms with Gasteiger partial charge in [-0.3, -0.25) is 9.59 Å². The number of piperidine rings is 1. The van der Waals surface area contributed by atoms with Crippen molar-refractivity contribution in [2.24, 2.45) is 0 Å². The van der Waals surface area contributed by atoms with E-state index in [9.17, 15) is 18.0 Å². The maximum atomic E-state index is 13.4. The van der Waals surface area contributed by atoms with Crippen molar-refractivity contribution in [2.45, 2.75) is 58.5 Å². The highest BCUT2D eigenvalue weighted by atomic mass is 32.2. The van der Waals surface area contributed by atoms with Crippen LogP contribution in [-0.4, -0.2) is 55.5 Å². The Bertz CT molecular complexity index is 1310. The van der Waals surface area contributed by atoms with Crippen LogP contribution in [-0.2, 0) is 29.4 Å².